The highest BCUT2D eigenvalue weighted by atomic mass is 19.4. The van der Waals surface area contributed by atoms with Crippen molar-refractivity contribution in [2.24, 2.45) is 0 Å². The lowest BCUT2D eigenvalue weighted by Crippen LogP contribution is -2.20. The summed E-state index contributed by atoms with van der Waals surface area (Å²) in [6, 6.07) is 14.8. The maximum atomic E-state index is 14.3. The van der Waals surface area contributed by atoms with E-state index in [1.54, 1.807) is 36.4 Å². The molecule has 0 saturated carbocycles. The number of halogens is 6. The van der Waals surface area contributed by atoms with Crippen molar-refractivity contribution in [3.8, 4) is 33.8 Å². The van der Waals surface area contributed by atoms with E-state index in [1.165, 1.54) is 12.1 Å². The minimum atomic E-state index is -5.34. The van der Waals surface area contributed by atoms with Crippen molar-refractivity contribution in [2.45, 2.75) is 63.7 Å². The Labute approximate surface area is 287 Å². The second-order valence-corrected chi connectivity index (χ2v) is 11.2. The minimum Gasteiger partial charge on any atom is -0.494 e. The minimum absolute atomic E-state index is 0.0332. The third-order valence-electron chi connectivity index (χ3n) is 7.54. The fourth-order valence-corrected chi connectivity index (χ4v) is 5.06. The Morgan fingerprint density at radius 3 is 1.40 bits per heavy atom. The molecule has 12 heteroatoms. The molecule has 0 radical (unpaired) electrons. The van der Waals surface area contributed by atoms with Gasteiger partial charge in [0.25, 0.3) is 0 Å². The van der Waals surface area contributed by atoms with E-state index in [1.807, 2.05) is 0 Å². The van der Waals surface area contributed by atoms with Gasteiger partial charge in [-0.05, 0) is 91.8 Å². The third-order valence-corrected chi connectivity index (χ3v) is 7.54. The van der Waals surface area contributed by atoms with Crippen LogP contribution < -0.4 is 9.47 Å². The molecule has 0 aliphatic carbocycles. The van der Waals surface area contributed by atoms with Gasteiger partial charge in [-0.2, -0.15) is 26.3 Å². The molecule has 0 amide bonds. The smallest absolute Gasteiger partial charge is 0.420 e. The van der Waals surface area contributed by atoms with E-state index in [4.69, 9.17) is 18.9 Å². The Kier molecular flexibility index (Phi) is 15.4. The maximum Gasteiger partial charge on any atom is 0.420 e. The summed E-state index contributed by atoms with van der Waals surface area (Å²) in [4.78, 5) is 22.1. The van der Waals surface area contributed by atoms with Crippen molar-refractivity contribution < 1.29 is 54.9 Å². The number of hydrogen-bond donors (Lipinski definition) is 0. The van der Waals surface area contributed by atoms with Crippen LogP contribution in [0.4, 0.5) is 26.3 Å². The fourth-order valence-electron chi connectivity index (χ4n) is 5.06. The lowest BCUT2D eigenvalue weighted by atomic mass is 9.92. The molecule has 0 spiro atoms. The van der Waals surface area contributed by atoms with Gasteiger partial charge in [-0.1, -0.05) is 55.6 Å². The zero-order valence-corrected chi connectivity index (χ0v) is 27.5. The van der Waals surface area contributed by atoms with Crippen LogP contribution in [0.1, 0.15) is 62.5 Å². The number of rotatable bonds is 20. The summed E-state index contributed by atoms with van der Waals surface area (Å²) in [5.74, 6) is -1.26. The van der Waals surface area contributed by atoms with E-state index >= 15 is 0 Å². The van der Waals surface area contributed by atoms with E-state index in [2.05, 4.69) is 13.2 Å². The molecule has 6 nitrogen and oxygen atoms in total. The van der Waals surface area contributed by atoms with Crippen molar-refractivity contribution in [3.63, 3.8) is 0 Å². The third kappa shape index (κ3) is 12.6. The SMILES string of the molecule is C=CC(=O)OCCCCCCOc1ccc(-c2ccc(-c3ccc(OCCCCCCOC(=O)C=C)c(C(F)(F)F)c3C(F)(F)F)cc2)cc1. The summed E-state index contributed by atoms with van der Waals surface area (Å²) in [6.45, 7) is 7.39. The van der Waals surface area contributed by atoms with Crippen molar-refractivity contribution in [1.29, 1.82) is 0 Å². The standard InChI is InChI=1S/C38H40F6O6/c1-3-33(45)49-25-11-7-5-9-23-47-30-19-17-28(18-20-30)27-13-15-29(16-14-27)31-21-22-32(36(38(42,43)44)35(31)37(39,40)41)48-24-10-6-8-12-26-50-34(46)4-2/h3-4,13-22H,1-2,5-12,23-26H2. The van der Waals surface area contributed by atoms with Crippen molar-refractivity contribution in [2.75, 3.05) is 26.4 Å². The van der Waals surface area contributed by atoms with Gasteiger partial charge in [0.05, 0.1) is 32.0 Å². The zero-order chi connectivity index (χ0) is 36.6. The quantitative estimate of drug-likeness (QED) is 0.0504. The average Bonchev–Trinajstić information content (AvgIpc) is 3.09. The Balaban J connectivity index is 1.64. The molecule has 0 aliphatic rings. The second-order valence-electron chi connectivity index (χ2n) is 11.2. The normalized spacial score (nSPS) is 11.5. The molecule has 0 aliphatic heterocycles. The highest BCUT2D eigenvalue weighted by Crippen LogP contribution is 2.49. The summed E-state index contributed by atoms with van der Waals surface area (Å²) in [5, 5.41) is 0. The highest BCUT2D eigenvalue weighted by molar-refractivity contribution is 5.81. The summed E-state index contributed by atoms with van der Waals surface area (Å²) in [6.07, 6.45) is -3.28. The number of esters is 2. The fraction of sp³-hybridized carbons (Fsp3) is 0.368. The first-order valence-corrected chi connectivity index (χ1v) is 16.2. The second kappa shape index (κ2) is 19.4. The molecule has 50 heavy (non-hydrogen) atoms. The number of ether oxygens (including phenoxy) is 4. The lowest BCUT2D eigenvalue weighted by Gasteiger charge is -2.22. The molecule has 0 N–H and O–H groups in total. The van der Waals surface area contributed by atoms with Gasteiger partial charge in [0.15, 0.2) is 0 Å². The number of carbonyl (C=O) groups is 2. The maximum absolute atomic E-state index is 14.3. The molecule has 270 valence electrons. The van der Waals surface area contributed by atoms with Crippen LogP contribution in [-0.2, 0) is 31.4 Å². The summed E-state index contributed by atoms with van der Waals surface area (Å²) >= 11 is 0. The van der Waals surface area contributed by atoms with Crippen LogP contribution in [0, 0.1) is 0 Å². The summed E-state index contributed by atoms with van der Waals surface area (Å²) in [7, 11) is 0. The molecule has 0 fully saturated rings. The molecule has 0 aromatic heterocycles. The molecule has 3 aromatic rings. The predicted octanol–water partition coefficient (Wildman–Crippen LogP) is 10.4. The van der Waals surface area contributed by atoms with Gasteiger partial charge in [0, 0.05) is 12.2 Å². The van der Waals surface area contributed by atoms with Crippen LogP contribution in [0.3, 0.4) is 0 Å². The number of benzene rings is 3. The highest BCUT2D eigenvalue weighted by Gasteiger charge is 2.47. The van der Waals surface area contributed by atoms with Crippen molar-refractivity contribution >= 4 is 11.9 Å². The van der Waals surface area contributed by atoms with Gasteiger partial charge in [-0.15, -0.1) is 0 Å². The molecule has 3 aromatic carbocycles. The Hall–Kier alpha value is -4.74. The molecule has 0 heterocycles. The average molecular weight is 707 g/mol. The molecule has 0 bridgehead atoms. The molecule has 0 unspecified atom stereocenters. The van der Waals surface area contributed by atoms with Crippen LogP contribution in [0.2, 0.25) is 0 Å². The van der Waals surface area contributed by atoms with Gasteiger partial charge in [0.2, 0.25) is 0 Å². The van der Waals surface area contributed by atoms with Gasteiger partial charge < -0.3 is 18.9 Å². The molecule has 0 saturated heterocycles. The lowest BCUT2D eigenvalue weighted by molar-refractivity contribution is -0.162. The van der Waals surface area contributed by atoms with E-state index < -0.39 is 46.7 Å². The van der Waals surface area contributed by atoms with Crippen LogP contribution in [0.5, 0.6) is 11.5 Å². The van der Waals surface area contributed by atoms with Gasteiger partial charge >= 0.3 is 24.3 Å². The summed E-state index contributed by atoms with van der Waals surface area (Å²) in [5.41, 5.74) is -2.93. The molecular weight excluding hydrogens is 666 g/mol. The van der Waals surface area contributed by atoms with Crippen molar-refractivity contribution in [3.05, 3.63) is 97.1 Å². The first-order valence-electron chi connectivity index (χ1n) is 16.2. The van der Waals surface area contributed by atoms with Gasteiger partial charge in [0.1, 0.15) is 17.1 Å². The number of carbonyl (C=O) groups excluding carboxylic acids is 2. The van der Waals surface area contributed by atoms with Crippen molar-refractivity contribution in [1.82, 2.24) is 0 Å². The molecule has 3 rings (SSSR count). The Morgan fingerprint density at radius 1 is 0.520 bits per heavy atom. The largest absolute Gasteiger partial charge is 0.494 e. The number of alkyl halides is 6. The summed E-state index contributed by atoms with van der Waals surface area (Å²) < 4.78 is 106. The monoisotopic (exact) mass is 706 g/mol. The van der Waals surface area contributed by atoms with Gasteiger partial charge in [-0.3, -0.25) is 0 Å². The Bertz CT molecular complexity index is 1550. The van der Waals surface area contributed by atoms with Crippen LogP contribution in [0.15, 0.2) is 86.0 Å². The molecule has 0 atom stereocenters. The first kappa shape index (κ1) is 39.7. The van der Waals surface area contributed by atoms with Gasteiger partial charge in [-0.25, -0.2) is 9.59 Å². The zero-order valence-electron chi connectivity index (χ0n) is 27.5. The predicted molar refractivity (Wildman–Crippen MR) is 178 cm³/mol. The number of hydrogen-bond acceptors (Lipinski definition) is 6. The number of unbranched alkanes of at least 4 members (excludes halogenated alkanes) is 6. The van der Waals surface area contributed by atoms with E-state index in [-0.39, 0.29) is 18.8 Å². The molecular formula is C38H40F6O6. The first-order chi connectivity index (χ1) is 23.8. The van der Waals surface area contributed by atoms with Crippen LogP contribution >= 0.6 is 0 Å². The van der Waals surface area contributed by atoms with E-state index in [9.17, 15) is 35.9 Å². The van der Waals surface area contributed by atoms with Crippen LogP contribution in [-0.4, -0.2) is 38.4 Å². The van der Waals surface area contributed by atoms with Crippen LogP contribution in [0.25, 0.3) is 22.3 Å². The Morgan fingerprint density at radius 2 is 0.940 bits per heavy atom. The van der Waals surface area contributed by atoms with E-state index in [0.29, 0.717) is 50.2 Å². The topological polar surface area (TPSA) is 71.1 Å². The van der Waals surface area contributed by atoms with E-state index in [0.717, 1.165) is 55.5 Å².